The van der Waals surface area contributed by atoms with Crippen LogP contribution in [0.3, 0.4) is 0 Å². The predicted octanol–water partition coefficient (Wildman–Crippen LogP) is 2.48. The molecule has 0 radical (unpaired) electrons. The summed E-state index contributed by atoms with van der Waals surface area (Å²) < 4.78 is 5.16. The Balaban J connectivity index is 1.90. The summed E-state index contributed by atoms with van der Waals surface area (Å²) in [6.07, 6.45) is 1.62. The molecule has 1 aromatic heterocycles. The van der Waals surface area contributed by atoms with Gasteiger partial charge in [-0.3, -0.25) is 9.78 Å². The van der Waals surface area contributed by atoms with Crippen molar-refractivity contribution in [2.75, 3.05) is 12.4 Å². The average molecular weight is 294 g/mol. The Morgan fingerprint density at radius 2 is 2.05 bits per heavy atom. The number of nitrogens with two attached hydrogens (primary N) is 1. The number of nitrogens with one attached hydrogen (secondary N) is 1. The fourth-order valence-electron chi connectivity index (χ4n) is 2.08. The number of carbonyl (C=O) groups excluding carboxylic acids is 1. The molecule has 22 heavy (non-hydrogen) atoms. The standard InChI is InChI=1S/C16H14N4O2/c1-22-12-5-6-13-14(8-12)18-9-15(20-13)19-11-4-2-3-10(7-11)16(17)21/h2-9H,1H3,(H2,17,21)(H,19,20). The molecule has 1 heterocycles. The molecule has 0 spiro atoms. The zero-order chi connectivity index (χ0) is 15.5. The fraction of sp³-hybridized carbons (Fsp3) is 0.0625. The zero-order valence-electron chi connectivity index (χ0n) is 11.9. The predicted molar refractivity (Wildman–Crippen MR) is 84.3 cm³/mol. The van der Waals surface area contributed by atoms with Crippen molar-refractivity contribution in [3.05, 3.63) is 54.2 Å². The lowest BCUT2D eigenvalue weighted by Crippen LogP contribution is -2.10. The van der Waals surface area contributed by atoms with E-state index in [0.29, 0.717) is 11.4 Å². The number of amides is 1. The molecule has 0 saturated carbocycles. The molecular weight excluding hydrogens is 280 g/mol. The van der Waals surface area contributed by atoms with E-state index in [-0.39, 0.29) is 0 Å². The number of nitrogens with zero attached hydrogens (tertiary/aromatic N) is 2. The number of carbonyl (C=O) groups is 1. The van der Waals surface area contributed by atoms with Crippen LogP contribution in [0.15, 0.2) is 48.7 Å². The number of rotatable bonds is 4. The van der Waals surface area contributed by atoms with Crippen LogP contribution in [0.4, 0.5) is 11.5 Å². The summed E-state index contributed by atoms with van der Waals surface area (Å²) in [5.74, 6) is 0.844. The Hall–Kier alpha value is -3.15. The largest absolute Gasteiger partial charge is 0.497 e. The zero-order valence-corrected chi connectivity index (χ0v) is 11.9. The van der Waals surface area contributed by atoms with Gasteiger partial charge in [0.2, 0.25) is 5.91 Å². The van der Waals surface area contributed by atoms with E-state index in [9.17, 15) is 4.79 Å². The lowest BCUT2D eigenvalue weighted by atomic mass is 10.2. The van der Waals surface area contributed by atoms with Gasteiger partial charge in [0.1, 0.15) is 11.6 Å². The summed E-state index contributed by atoms with van der Waals surface area (Å²) in [4.78, 5) is 20.0. The first-order valence-electron chi connectivity index (χ1n) is 6.63. The van der Waals surface area contributed by atoms with E-state index in [0.717, 1.165) is 22.5 Å². The van der Waals surface area contributed by atoms with E-state index in [1.54, 1.807) is 31.5 Å². The average Bonchev–Trinajstić information content (AvgIpc) is 2.54. The van der Waals surface area contributed by atoms with Crippen LogP contribution in [0.1, 0.15) is 10.4 Å². The first-order chi connectivity index (χ1) is 10.7. The molecule has 0 atom stereocenters. The molecule has 0 aliphatic carbocycles. The van der Waals surface area contributed by atoms with Crippen LogP contribution in [0.5, 0.6) is 5.75 Å². The minimum absolute atomic E-state index is 0.434. The van der Waals surface area contributed by atoms with E-state index < -0.39 is 5.91 Å². The second-order valence-electron chi connectivity index (χ2n) is 4.68. The lowest BCUT2D eigenvalue weighted by molar-refractivity contribution is 0.100. The maximum atomic E-state index is 11.2. The molecule has 2 aromatic carbocycles. The van der Waals surface area contributed by atoms with Crippen molar-refractivity contribution >= 4 is 28.4 Å². The number of anilines is 2. The summed E-state index contributed by atoms with van der Waals surface area (Å²) in [7, 11) is 1.61. The monoisotopic (exact) mass is 294 g/mol. The number of fused-ring (bicyclic) bond motifs is 1. The van der Waals surface area contributed by atoms with E-state index >= 15 is 0 Å². The maximum absolute atomic E-state index is 11.2. The van der Waals surface area contributed by atoms with Crippen molar-refractivity contribution in [3.63, 3.8) is 0 Å². The van der Waals surface area contributed by atoms with Crippen molar-refractivity contribution in [2.24, 2.45) is 5.73 Å². The molecule has 0 bridgehead atoms. The first-order valence-corrected chi connectivity index (χ1v) is 6.63. The van der Waals surface area contributed by atoms with E-state index in [1.165, 1.54) is 0 Å². The Morgan fingerprint density at radius 3 is 2.82 bits per heavy atom. The maximum Gasteiger partial charge on any atom is 0.248 e. The molecular formula is C16H14N4O2. The molecule has 1 amide bonds. The molecule has 3 aromatic rings. The van der Waals surface area contributed by atoms with Gasteiger partial charge in [-0.1, -0.05) is 6.07 Å². The molecule has 0 fully saturated rings. The number of hydrogen-bond donors (Lipinski definition) is 2. The second-order valence-corrected chi connectivity index (χ2v) is 4.68. The smallest absolute Gasteiger partial charge is 0.248 e. The second kappa shape index (κ2) is 5.69. The van der Waals surface area contributed by atoms with Crippen LogP contribution < -0.4 is 15.8 Å². The van der Waals surface area contributed by atoms with E-state index in [4.69, 9.17) is 10.5 Å². The number of methoxy groups -OCH3 is 1. The normalized spacial score (nSPS) is 10.4. The summed E-state index contributed by atoms with van der Waals surface area (Å²) in [6, 6.07) is 12.4. The minimum atomic E-state index is -0.472. The number of hydrogen-bond acceptors (Lipinski definition) is 5. The number of ether oxygens (including phenoxy) is 1. The summed E-state index contributed by atoms with van der Waals surface area (Å²) in [5, 5.41) is 3.11. The fourth-order valence-corrected chi connectivity index (χ4v) is 2.08. The molecule has 110 valence electrons. The topological polar surface area (TPSA) is 90.1 Å². The van der Waals surface area contributed by atoms with E-state index in [1.807, 2.05) is 24.3 Å². The third kappa shape index (κ3) is 2.80. The molecule has 6 nitrogen and oxygen atoms in total. The Morgan fingerprint density at radius 1 is 1.18 bits per heavy atom. The SMILES string of the molecule is COc1ccc2nc(Nc3cccc(C(N)=O)c3)cnc2c1. The van der Waals surface area contributed by atoms with Gasteiger partial charge in [0.15, 0.2) is 0 Å². The highest BCUT2D eigenvalue weighted by atomic mass is 16.5. The number of primary amides is 1. The highest BCUT2D eigenvalue weighted by Gasteiger charge is 2.04. The summed E-state index contributed by atoms with van der Waals surface area (Å²) >= 11 is 0. The number of aromatic nitrogens is 2. The Kier molecular flexibility index (Phi) is 3.57. The van der Waals surface area contributed by atoms with Crippen LogP contribution in [0.2, 0.25) is 0 Å². The molecule has 0 saturated heterocycles. The van der Waals surface area contributed by atoms with Crippen molar-refractivity contribution in [3.8, 4) is 5.75 Å². The van der Waals surface area contributed by atoms with Gasteiger partial charge in [0.05, 0.1) is 24.3 Å². The quantitative estimate of drug-likeness (QED) is 0.771. The van der Waals surface area contributed by atoms with Gasteiger partial charge in [0, 0.05) is 17.3 Å². The highest BCUT2D eigenvalue weighted by molar-refractivity contribution is 5.93. The third-order valence-electron chi connectivity index (χ3n) is 3.17. The first kappa shape index (κ1) is 13.8. The highest BCUT2D eigenvalue weighted by Crippen LogP contribution is 2.21. The summed E-state index contributed by atoms with van der Waals surface area (Å²) in [6.45, 7) is 0. The molecule has 6 heteroatoms. The molecule has 3 N–H and O–H groups in total. The molecule has 0 unspecified atom stereocenters. The Bertz CT molecular complexity index is 848. The van der Waals surface area contributed by atoms with Crippen LogP contribution in [-0.4, -0.2) is 23.0 Å². The molecule has 3 rings (SSSR count). The van der Waals surface area contributed by atoms with Gasteiger partial charge in [-0.05, 0) is 30.3 Å². The van der Waals surface area contributed by atoms with Gasteiger partial charge < -0.3 is 15.8 Å². The van der Waals surface area contributed by atoms with Crippen molar-refractivity contribution < 1.29 is 9.53 Å². The van der Waals surface area contributed by atoms with Crippen molar-refractivity contribution in [1.29, 1.82) is 0 Å². The van der Waals surface area contributed by atoms with Gasteiger partial charge in [-0.25, -0.2) is 4.98 Å². The van der Waals surface area contributed by atoms with Gasteiger partial charge in [-0.15, -0.1) is 0 Å². The lowest BCUT2D eigenvalue weighted by Gasteiger charge is -2.08. The van der Waals surface area contributed by atoms with Gasteiger partial charge in [0.25, 0.3) is 0 Å². The van der Waals surface area contributed by atoms with Crippen LogP contribution in [0.25, 0.3) is 11.0 Å². The van der Waals surface area contributed by atoms with Gasteiger partial charge >= 0.3 is 0 Å². The van der Waals surface area contributed by atoms with Crippen LogP contribution in [0, 0.1) is 0 Å². The van der Waals surface area contributed by atoms with Crippen molar-refractivity contribution in [2.45, 2.75) is 0 Å². The van der Waals surface area contributed by atoms with Crippen LogP contribution in [-0.2, 0) is 0 Å². The third-order valence-corrected chi connectivity index (χ3v) is 3.17. The molecule has 0 aliphatic rings. The minimum Gasteiger partial charge on any atom is -0.497 e. The number of benzene rings is 2. The summed E-state index contributed by atoms with van der Waals surface area (Å²) in [5.41, 5.74) is 7.92. The van der Waals surface area contributed by atoms with E-state index in [2.05, 4.69) is 15.3 Å². The van der Waals surface area contributed by atoms with Crippen molar-refractivity contribution in [1.82, 2.24) is 9.97 Å². The Labute approximate surface area is 127 Å². The molecule has 0 aliphatic heterocycles. The van der Waals surface area contributed by atoms with Gasteiger partial charge in [-0.2, -0.15) is 0 Å². The van der Waals surface area contributed by atoms with Crippen LogP contribution >= 0.6 is 0 Å².